The first-order valence-corrected chi connectivity index (χ1v) is 10.8. The molecule has 1 aliphatic carbocycles. The van der Waals surface area contributed by atoms with Gasteiger partial charge in [0.1, 0.15) is 17.3 Å². The van der Waals surface area contributed by atoms with E-state index in [2.05, 4.69) is 10.3 Å². The van der Waals surface area contributed by atoms with Crippen LogP contribution in [0.2, 0.25) is 0 Å². The minimum Gasteiger partial charge on any atom is -0.497 e. The number of amides is 1. The lowest BCUT2D eigenvalue weighted by Crippen LogP contribution is -2.32. The molecule has 0 saturated heterocycles. The zero-order chi connectivity index (χ0) is 25.1. The highest BCUT2D eigenvalue weighted by atomic mass is 19.1. The van der Waals surface area contributed by atoms with Gasteiger partial charge in [0, 0.05) is 5.56 Å². The van der Waals surface area contributed by atoms with Crippen molar-refractivity contribution in [3.8, 4) is 11.5 Å². The number of nitrogens with zero attached hydrogens (tertiary/aromatic N) is 1. The molecule has 3 N–H and O–H groups in total. The summed E-state index contributed by atoms with van der Waals surface area (Å²) in [5.41, 5.74) is 3.98. The second-order valence-electron chi connectivity index (χ2n) is 7.94. The molecule has 10 heteroatoms. The van der Waals surface area contributed by atoms with Gasteiger partial charge in [-0.3, -0.25) is 4.79 Å². The molecule has 180 valence electrons. The standard InChI is InChI=1S/C25H24BFN2O6/c1-14-18(9-15-10-20(33-2)24(26(31)32)21(11-15)34-3)17-6-7-22(27)29-25(17)19(14)12-23(30)28-13-16-5-4-8-35-16/h4-11,31-32H,12-13H2,1-3H3,(H,28,30). The number of allylic oxidation sites excluding steroid dienone is 2. The molecule has 2 aromatic heterocycles. The van der Waals surface area contributed by atoms with E-state index in [4.69, 9.17) is 13.9 Å². The predicted octanol–water partition coefficient (Wildman–Crippen LogP) is 2.54. The fraction of sp³-hybridized carbons (Fsp3) is 0.200. The lowest BCUT2D eigenvalue weighted by atomic mass is 9.78. The van der Waals surface area contributed by atoms with Gasteiger partial charge in [0.05, 0.1) is 44.6 Å². The van der Waals surface area contributed by atoms with E-state index in [1.54, 1.807) is 30.3 Å². The van der Waals surface area contributed by atoms with Crippen LogP contribution in [0.4, 0.5) is 4.39 Å². The SMILES string of the molecule is COc1cc(C=C2C(C)=C(CC(=O)NCc3ccco3)c3nc(F)ccc32)cc(OC)c1B(O)O. The van der Waals surface area contributed by atoms with Crippen molar-refractivity contribution in [1.82, 2.24) is 10.3 Å². The zero-order valence-electron chi connectivity index (χ0n) is 19.5. The van der Waals surface area contributed by atoms with Crippen molar-refractivity contribution in [1.29, 1.82) is 0 Å². The van der Waals surface area contributed by atoms with E-state index >= 15 is 0 Å². The molecule has 0 saturated carbocycles. The third-order valence-corrected chi connectivity index (χ3v) is 5.81. The summed E-state index contributed by atoms with van der Waals surface area (Å²) in [4.78, 5) is 16.7. The number of carbonyl (C=O) groups is 1. The Labute approximate surface area is 201 Å². The van der Waals surface area contributed by atoms with Gasteiger partial charge in [0.25, 0.3) is 0 Å². The van der Waals surface area contributed by atoms with Gasteiger partial charge in [0.2, 0.25) is 11.9 Å². The first-order valence-electron chi connectivity index (χ1n) is 10.8. The molecule has 0 fully saturated rings. The second-order valence-corrected chi connectivity index (χ2v) is 7.94. The van der Waals surface area contributed by atoms with Crippen LogP contribution in [-0.2, 0) is 11.3 Å². The maximum atomic E-state index is 14.1. The van der Waals surface area contributed by atoms with Gasteiger partial charge >= 0.3 is 7.12 Å². The monoisotopic (exact) mass is 478 g/mol. The maximum Gasteiger partial charge on any atom is 0.496 e. The Morgan fingerprint density at radius 1 is 1.20 bits per heavy atom. The minimum atomic E-state index is -1.78. The first kappa shape index (κ1) is 24.2. The van der Waals surface area contributed by atoms with Crippen LogP contribution in [0.15, 0.2) is 52.7 Å². The maximum absolute atomic E-state index is 14.1. The lowest BCUT2D eigenvalue weighted by Gasteiger charge is -2.14. The Balaban J connectivity index is 1.72. The molecule has 1 aromatic carbocycles. The van der Waals surface area contributed by atoms with E-state index in [-0.39, 0.29) is 35.8 Å². The highest BCUT2D eigenvalue weighted by molar-refractivity contribution is 6.61. The molecule has 2 heterocycles. The zero-order valence-corrected chi connectivity index (χ0v) is 19.5. The number of aromatic nitrogens is 1. The second kappa shape index (κ2) is 10.2. The number of ether oxygens (including phenoxy) is 2. The van der Waals surface area contributed by atoms with Crippen molar-refractivity contribution in [2.24, 2.45) is 0 Å². The van der Waals surface area contributed by atoms with Crippen molar-refractivity contribution in [3.63, 3.8) is 0 Å². The Morgan fingerprint density at radius 2 is 1.91 bits per heavy atom. The fourth-order valence-electron chi connectivity index (χ4n) is 4.11. The van der Waals surface area contributed by atoms with Crippen molar-refractivity contribution in [2.75, 3.05) is 14.2 Å². The van der Waals surface area contributed by atoms with Crippen molar-refractivity contribution in [2.45, 2.75) is 19.9 Å². The molecule has 3 aromatic rings. The Hall–Kier alpha value is -3.89. The van der Waals surface area contributed by atoms with Crippen LogP contribution in [0.3, 0.4) is 0 Å². The van der Waals surface area contributed by atoms with Crippen LogP contribution in [0.1, 0.15) is 35.9 Å². The van der Waals surface area contributed by atoms with E-state index in [1.165, 1.54) is 26.5 Å². The van der Waals surface area contributed by atoms with Gasteiger partial charge in [-0.15, -0.1) is 0 Å². The average Bonchev–Trinajstić information content (AvgIpc) is 3.44. The topological polar surface area (TPSA) is 114 Å². The van der Waals surface area contributed by atoms with Gasteiger partial charge in [-0.25, -0.2) is 4.98 Å². The summed E-state index contributed by atoms with van der Waals surface area (Å²) in [6.07, 6.45) is 3.37. The lowest BCUT2D eigenvalue weighted by molar-refractivity contribution is -0.120. The third-order valence-electron chi connectivity index (χ3n) is 5.81. The molecular formula is C25H24BFN2O6. The van der Waals surface area contributed by atoms with Crippen LogP contribution in [0, 0.1) is 5.95 Å². The number of carbonyl (C=O) groups excluding carboxylic acids is 1. The third kappa shape index (κ3) is 4.98. The van der Waals surface area contributed by atoms with Crippen LogP contribution < -0.4 is 20.3 Å². The van der Waals surface area contributed by atoms with E-state index in [1.807, 2.05) is 13.0 Å². The van der Waals surface area contributed by atoms with Crippen molar-refractivity contribution >= 4 is 35.7 Å². The molecule has 4 rings (SSSR count). The number of hydrogen-bond donors (Lipinski definition) is 3. The number of nitrogens with one attached hydrogen (secondary N) is 1. The quantitative estimate of drug-likeness (QED) is 0.337. The normalized spacial score (nSPS) is 13.7. The number of rotatable bonds is 8. The fourth-order valence-corrected chi connectivity index (χ4v) is 4.11. The molecule has 35 heavy (non-hydrogen) atoms. The number of methoxy groups -OCH3 is 2. The average molecular weight is 478 g/mol. The highest BCUT2D eigenvalue weighted by Gasteiger charge is 2.28. The Morgan fingerprint density at radius 3 is 2.51 bits per heavy atom. The Kier molecular flexibility index (Phi) is 7.04. The van der Waals surface area contributed by atoms with Gasteiger partial charge in [-0.1, -0.05) is 0 Å². The van der Waals surface area contributed by atoms with E-state index < -0.39 is 13.1 Å². The number of furan rings is 1. The summed E-state index contributed by atoms with van der Waals surface area (Å²) in [5.74, 6) is 0.205. The van der Waals surface area contributed by atoms with Gasteiger partial charge in [0.15, 0.2) is 0 Å². The van der Waals surface area contributed by atoms with Crippen molar-refractivity contribution in [3.05, 3.63) is 76.8 Å². The molecule has 1 amide bonds. The van der Waals surface area contributed by atoms with Gasteiger partial charge in [-0.05, 0) is 71.7 Å². The van der Waals surface area contributed by atoms with Gasteiger partial charge in [-0.2, -0.15) is 4.39 Å². The molecule has 0 radical (unpaired) electrons. The first-order chi connectivity index (χ1) is 16.8. The molecule has 8 nitrogen and oxygen atoms in total. The van der Waals surface area contributed by atoms with E-state index in [0.717, 1.165) is 11.1 Å². The molecule has 0 aliphatic heterocycles. The van der Waals surface area contributed by atoms with Crippen molar-refractivity contribution < 1.29 is 33.1 Å². The largest absolute Gasteiger partial charge is 0.497 e. The minimum absolute atomic E-state index is 0.00954. The summed E-state index contributed by atoms with van der Waals surface area (Å²) in [5, 5.41) is 22.3. The van der Waals surface area contributed by atoms with Crippen LogP contribution in [0.25, 0.3) is 17.2 Å². The van der Waals surface area contributed by atoms with Gasteiger partial charge < -0.3 is 29.3 Å². The number of benzene rings is 1. The van der Waals surface area contributed by atoms with Crippen LogP contribution in [-0.4, -0.2) is 42.3 Å². The number of pyridine rings is 1. The summed E-state index contributed by atoms with van der Waals surface area (Å²) < 4.78 is 30.0. The molecule has 1 aliphatic rings. The van der Waals surface area contributed by atoms with Crippen LogP contribution >= 0.6 is 0 Å². The van der Waals surface area contributed by atoms with E-state index in [9.17, 15) is 19.2 Å². The summed E-state index contributed by atoms with van der Waals surface area (Å²) in [7, 11) is 1.05. The molecule has 0 spiro atoms. The molecule has 0 unspecified atom stereocenters. The Bertz CT molecular complexity index is 1290. The predicted molar refractivity (Wildman–Crippen MR) is 129 cm³/mol. The van der Waals surface area contributed by atoms with Crippen LogP contribution in [0.5, 0.6) is 11.5 Å². The molecule has 0 atom stereocenters. The number of hydrogen-bond acceptors (Lipinski definition) is 7. The molecule has 0 bridgehead atoms. The summed E-state index contributed by atoms with van der Waals surface area (Å²) in [6, 6.07) is 9.68. The highest BCUT2D eigenvalue weighted by Crippen LogP contribution is 2.43. The number of fused-ring (bicyclic) bond motifs is 1. The van der Waals surface area contributed by atoms with E-state index in [0.29, 0.717) is 28.2 Å². The summed E-state index contributed by atoms with van der Waals surface area (Å²) >= 11 is 0. The number of halogens is 1. The molecular weight excluding hydrogens is 454 g/mol. The smallest absolute Gasteiger partial charge is 0.496 e. The summed E-state index contributed by atoms with van der Waals surface area (Å²) in [6.45, 7) is 2.09.